The number of aromatic nitrogens is 6. The van der Waals surface area contributed by atoms with Crippen LogP contribution in [0.4, 0.5) is 8.78 Å². The number of aryl methyl sites for hydroxylation is 2. The maximum atomic E-state index is 12.9. The second-order valence-electron chi connectivity index (χ2n) is 9.30. The number of carboxylic acids is 1. The SMILES string of the molecule is Cc1nc(-c2nnn(C)c2COc2nccc(C(F)F)n2)ccc1O[C@H]1C[C@@H]2CC[C@@H](C(=O)O)[C@@H]2C1. The predicted molar refractivity (Wildman–Crippen MR) is 121 cm³/mol. The maximum Gasteiger partial charge on any atom is 0.317 e. The number of hydrogen-bond donors (Lipinski definition) is 1. The lowest BCUT2D eigenvalue weighted by molar-refractivity contribution is -0.143. The van der Waals surface area contributed by atoms with Crippen LogP contribution in [0.3, 0.4) is 0 Å². The van der Waals surface area contributed by atoms with E-state index in [-0.39, 0.29) is 30.6 Å². The van der Waals surface area contributed by atoms with Crippen LogP contribution >= 0.6 is 0 Å². The van der Waals surface area contributed by atoms with E-state index < -0.39 is 18.1 Å². The van der Waals surface area contributed by atoms with Gasteiger partial charge in [0.05, 0.1) is 23.4 Å². The van der Waals surface area contributed by atoms with Crippen molar-refractivity contribution in [1.82, 2.24) is 29.9 Å². The van der Waals surface area contributed by atoms with E-state index in [9.17, 15) is 18.7 Å². The van der Waals surface area contributed by atoms with Crippen molar-refractivity contribution in [3.63, 3.8) is 0 Å². The van der Waals surface area contributed by atoms with Crippen molar-refractivity contribution in [1.29, 1.82) is 0 Å². The Morgan fingerprint density at radius 3 is 2.81 bits per heavy atom. The van der Waals surface area contributed by atoms with Gasteiger partial charge in [-0.05, 0) is 62.6 Å². The van der Waals surface area contributed by atoms with Gasteiger partial charge in [0.1, 0.15) is 29.4 Å². The molecule has 0 aromatic carbocycles. The molecule has 12 heteroatoms. The summed E-state index contributed by atoms with van der Waals surface area (Å²) in [6.07, 6.45) is 1.75. The molecule has 2 aliphatic carbocycles. The summed E-state index contributed by atoms with van der Waals surface area (Å²) in [6.45, 7) is 1.80. The fraction of sp³-hybridized carbons (Fsp3) is 0.500. The lowest BCUT2D eigenvalue weighted by Crippen LogP contribution is -2.21. The van der Waals surface area contributed by atoms with Gasteiger partial charge in [0.25, 0.3) is 6.43 Å². The van der Waals surface area contributed by atoms with Crippen LogP contribution in [-0.2, 0) is 18.4 Å². The van der Waals surface area contributed by atoms with Gasteiger partial charge in [-0.1, -0.05) is 5.21 Å². The molecular weight excluding hydrogens is 474 g/mol. The molecule has 2 fully saturated rings. The minimum absolute atomic E-state index is 0.0296. The molecule has 0 unspecified atom stereocenters. The molecule has 0 bridgehead atoms. The van der Waals surface area contributed by atoms with E-state index in [0.717, 1.165) is 31.7 Å². The number of nitrogens with zero attached hydrogens (tertiary/aromatic N) is 6. The topological polar surface area (TPSA) is 125 Å². The van der Waals surface area contributed by atoms with E-state index in [2.05, 4.69) is 25.3 Å². The molecule has 0 saturated heterocycles. The third-order valence-electron chi connectivity index (χ3n) is 7.12. The highest BCUT2D eigenvalue weighted by atomic mass is 19.3. The molecule has 5 rings (SSSR count). The van der Waals surface area contributed by atoms with Gasteiger partial charge in [0, 0.05) is 13.2 Å². The molecule has 36 heavy (non-hydrogen) atoms. The number of ether oxygens (including phenoxy) is 2. The van der Waals surface area contributed by atoms with Gasteiger partial charge >= 0.3 is 12.0 Å². The molecule has 2 aliphatic rings. The lowest BCUT2D eigenvalue weighted by atomic mass is 9.92. The number of carbonyl (C=O) groups is 1. The zero-order valence-corrected chi connectivity index (χ0v) is 19.8. The second-order valence-corrected chi connectivity index (χ2v) is 9.30. The fourth-order valence-corrected chi connectivity index (χ4v) is 5.34. The molecule has 1 N–H and O–H groups in total. The zero-order chi connectivity index (χ0) is 25.4. The van der Waals surface area contributed by atoms with Crippen molar-refractivity contribution in [2.75, 3.05) is 0 Å². The minimum Gasteiger partial charge on any atom is -0.489 e. The molecule has 0 radical (unpaired) electrons. The molecule has 0 aliphatic heterocycles. The van der Waals surface area contributed by atoms with Crippen LogP contribution in [0.5, 0.6) is 11.8 Å². The summed E-state index contributed by atoms with van der Waals surface area (Å²) in [7, 11) is 1.69. The summed E-state index contributed by atoms with van der Waals surface area (Å²) in [5, 5.41) is 17.7. The maximum absolute atomic E-state index is 12.9. The average Bonchev–Trinajstić information content (AvgIpc) is 3.53. The highest BCUT2D eigenvalue weighted by Gasteiger charge is 2.47. The smallest absolute Gasteiger partial charge is 0.317 e. The van der Waals surface area contributed by atoms with Gasteiger partial charge < -0.3 is 14.6 Å². The van der Waals surface area contributed by atoms with Crippen LogP contribution in [0.2, 0.25) is 0 Å². The van der Waals surface area contributed by atoms with Crippen molar-refractivity contribution in [3.05, 3.63) is 41.5 Å². The monoisotopic (exact) mass is 500 g/mol. The Morgan fingerprint density at radius 2 is 2.06 bits per heavy atom. The Kier molecular flexibility index (Phi) is 6.50. The highest BCUT2D eigenvalue weighted by molar-refractivity contribution is 5.71. The van der Waals surface area contributed by atoms with Crippen LogP contribution in [0.15, 0.2) is 24.4 Å². The van der Waals surface area contributed by atoms with Crippen molar-refractivity contribution in [3.8, 4) is 23.1 Å². The summed E-state index contributed by atoms with van der Waals surface area (Å²) >= 11 is 0. The highest BCUT2D eigenvalue weighted by Crippen LogP contribution is 2.48. The van der Waals surface area contributed by atoms with Crippen LogP contribution in [0, 0.1) is 24.7 Å². The molecular formula is C24H26F2N6O4. The van der Waals surface area contributed by atoms with Gasteiger partial charge in [-0.3, -0.25) is 4.79 Å². The van der Waals surface area contributed by atoms with Crippen molar-refractivity contribution in [2.45, 2.75) is 51.7 Å². The second kappa shape index (κ2) is 9.75. The van der Waals surface area contributed by atoms with Gasteiger partial charge in [-0.2, -0.15) is 4.98 Å². The van der Waals surface area contributed by atoms with Crippen LogP contribution < -0.4 is 9.47 Å². The van der Waals surface area contributed by atoms with E-state index in [1.807, 2.05) is 13.0 Å². The number of rotatable bonds is 8. The van der Waals surface area contributed by atoms with E-state index in [4.69, 9.17) is 9.47 Å². The van der Waals surface area contributed by atoms with E-state index >= 15 is 0 Å². The Hall–Kier alpha value is -3.70. The van der Waals surface area contributed by atoms with Crippen LogP contribution in [0.25, 0.3) is 11.4 Å². The number of hydrogen-bond acceptors (Lipinski definition) is 8. The predicted octanol–water partition coefficient (Wildman–Crippen LogP) is 3.76. The summed E-state index contributed by atoms with van der Waals surface area (Å²) in [4.78, 5) is 23.8. The summed E-state index contributed by atoms with van der Waals surface area (Å²) in [5.41, 5.74) is 1.87. The van der Waals surface area contributed by atoms with Crippen molar-refractivity contribution < 1.29 is 28.2 Å². The molecule has 0 amide bonds. The Morgan fingerprint density at radius 1 is 1.22 bits per heavy atom. The Balaban J connectivity index is 1.28. The molecule has 2 saturated carbocycles. The molecule has 0 spiro atoms. The quantitative estimate of drug-likeness (QED) is 0.492. The van der Waals surface area contributed by atoms with Crippen molar-refractivity contribution >= 4 is 5.97 Å². The molecule has 3 aromatic heterocycles. The summed E-state index contributed by atoms with van der Waals surface area (Å²) < 4.78 is 39.1. The Bertz CT molecular complexity index is 1270. The van der Waals surface area contributed by atoms with Gasteiger partial charge in [0.15, 0.2) is 0 Å². The zero-order valence-electron chi connectivity index (χ0n) is 19.8. The van der Waals surface area contributed by atoms with E-state index in [1.165, 1.54) is 10.9 Å². The number of carboxylic acid groups (broad SMARTS) is 1. The first-order chi connectivity index (χ1) is 17.3. The molecule has 10 nitrogen and oxygen atoms in total. The van der Waals surface area contributed by atoms with Crippen LogP contribution in [0.1, 0.15) is 49.2 Å². The van der Waals surface area contributed by atoms with Gasteiger partial charge in [-0.15, -0.1) is 5.10 Å². The molecule has 190 valence electrons. The minimum atomic E-state index is -2.72. The first-order valence-electron chi connectivity index (χ1n) is 11.8. The lowest BCUT2D eigenvalue weighted by Gasteiger charge is -2.18. The molecule has 4 atom stereocenters. The first-order valence-corrected chi connectivity index (χ1v) is 11.8. The number of alkyl halides is 2. The average molecular weight is 501 g/mol. The van der Waals surface area contributed by atoms with Crippen LogP contribution in [-0.4, -0.2) is 47.1 Å². The number of aliphatic carboxylic acids is 1. The first kappa shape index (κ1) is 24.0. The number of fused-ring (bicyclic) bond motifs is 1. The van der Waals surface area contributed by atoms with E-state index in [0.29, 0.717) is 34.4 Å². The number of pyridine rings is 1. The number of halogens is 2. The standard InChI is InChI=1S/C24H26F2N6O4/c1-12-20(36-14-9-13-3-4-15(23(33)34)16(13)10-14)6-5-17(28-12)21-19(32(2)31-30-21)11-35-24-27-8-7-18(29-24)22(25)26/h5-8,13-16,22H,3-4,9-11H2,1-2H3,(H,33,34)/t13-,14-,15+,16+/m0/s1. The van der Waals surface area contributed by atoms with E-state index in [1.54, 1.807) is 13.1 Å². The molecule has 3 aromatic rings. The Labute approximate surface area is 205 Å². The van der Waals surface area contributed by atoms with Crippen molar-refractivity contribution in [2.24, 2.45) is 24.8 Å². The molecule has 3 heterocycles. The van der Waals surface area contributed by atoms with Gasteiger partial charge in [0.2, 0.25) is 0 Å². The summed E-state index contributed by atoms with van der Waals surface area (Å²) in [5.74, 6) is 0.242. The summed E-state index contributed by atoms with van der Waals surface area (Å²) in [6, 6.07) is 4.57. The van der Waals surface area contributed by atoms with Gasteiger partial charge in [-0.25, -0.2) is 23.4 Å². The fourth-order valence-electron chi connectivity index (χ4n) is 5.34. The third kappa shape index (κ3) is 4.71. The normalized spacial score (nSPS) is 23.1. The largest absolute Gasteiger partial charge is 0.489 e. The third-order valence-corrected chi connectivity index (χ3v) is 7.12.